The fourth-order valence-corrected chi connectivity index (χ4v) is 0.377. The molecule has 4 heteroatoms. The van der Waals surface area contributed by atoms with E-state index in [1.54, 1.807) is 13.0 Å². The van der Waals surface area contributed by atoms with Crippen LogP contribution in [0.2, 0.25) is 0 Å². The summed E-state index contributed by atoms with van der Waals surface area (Å²) in [5.41, 5.74) is 5.75. The highest BCUT2D eigenvalue weighted by molar-refractivity contribution is 5.15. The fourth-order valence-electron chi connectivity index (χ4n) is 0.377. The van der Waals surface area contributed by atoms with Crippen molar-refractivity contribution in [1.82, 2.24) is 0 Å². The van der Waals surface area contributed by atoms with Crippen LogP contribution in [0.4, 0.5) is 0 Å². The van der Waals surface area contributed by atoms with Gasteiger partial charge in [0.15, 0.2) is 0 Å². The topological polar surface area (TPSA) is 69.2 Å². The van der Waals surface area contributed by atoms with Crippen LogP contribution in [0.15, 0.2) is 23.5 Å². The van der Waals surface area contributed by atoms with Crippen molar-refractivity contribution in [3.63, 3.8) is 0 Å². The van der Waals surface area contributed by atoms with Gasteiger partial charge in [-0.15, -0.1) is 0 Å². The van der Waals surface area contributed by atoms with Crippen molar-refractivity contribution in [3.8, 4) is 0 Å². The van der Waals surface area contributed by atoms with E-state index in [-0.39, 0.29) is 5.70 Å². The SMILES string of the molecule is C/C=C(N)\C=C(/C)[N+](=O)[O-].CC. The lowest BCUT2D eigenvalue weighted by Gasteiger charge is -1.89. The van der Waals surface area contributed by atoms with Crippen LogP contribution in [0, 0.1) is 10.1 Å². The molecule has 0 spiro atoms. The van der Waals surface area contributed by atoms with Gasteiger partial charge in [0, 0.05) is 18.7 Å². The second kappa shape index (κ2) is 7.78. The molecule has 0 aliphatic carbocycles. The Balaban J connectivity index is 0. The zero-order valence-electron chi connectivity index (χ0n) is 8.00. The molecule has 4 nitrogen and oxygen atoms in total. The molecule has 0 fully saturated rings. The number of nitrogens with zero attached hydrogens (tertiary/aromatic N) is 1. The summed E-state index contributed by atoms with van der Waals surface area (Å²) in [4.78, 5) is 9.53. The van der Waals surface area contributed by atoms with Crippen molar-refractivity contribution in [3.05, 3.63) is 33.7 Å². The quantitative estimate of drug-likeness (QED) is 0.393. The molecule has 0 saturated carbocycles. The van der Waals surface area contributed by atoms with E-state index in [0.29, 0.717) is 5.70 Å². The first-order valence-corrected chi connectivity index (χ1v) is 3.82. The molecule has 0 aromatic heterocycles. The van der Waals surface area contributed by atoms with E-state index in [0.717, 1.165) is 0 Å². The lowest BCUT2D eigenvalue weighted by molar-refractivity contribution is -0.424. The van der Waals surface area contributed by atoms with Gasteiger partial charge in [-0.1, -0.05) is 19.9 Å². The van der Waals surface area contributed by atoms with Crippen molar-refractivity contribution in [2.75, 3.05) is 0 Å². The summed E-state index contributed by atoms with van der Waals surface area (Å²) in [7, 11) is 0. The van der Waals surface area contributed by atoms with E-state index in [1.807, 2.05) is 13.8 Å². The highest BCUT2D eigenvalue weighted by atomic mass is 16.6. The van der Waals surface area contributed by atoms with E-state index in [2.05, 4.69) is 0 Å². The van der Waals surface area contributed by atoms with Crippen molar-refractivity contribution in [1.29, 1.82) is 0 Å². The smallest absolute Gasteiger partial charge is 0.245 e. The molecule has 0 heterocycles. The summed E-state index contributed by atoms with van der Waals surface area (Å²) in [6, 6.07) is 0. The van der Waals surface area contributed by atoms with E-state index in [1.165, 1.54) is 13.0 Å². The summed E-state index contributed by atoms with van der Waals surface area (Å²) >= 11 is 0. The molecular formula is C8H16N2O2. The molecule has 0 aromatic carbocycles. The highest BCUT2D eigenvalue weighted by Crippen LogP contribution is 1.96. The highest BCUT2D eigenvalue weighted by Gasteiger charge is 1.99. The molecule has 12 heavy (non-hydrogen) atoms. The number of rotatable bonds is 2. The molecule has 0 atom stereocenters. The van der Waals surface area contributed by atoms with Crippen LogP contribution in [-0.4, -0.2) is 4.92 Å². The normalized spacial score (nSPS) is 11.7. The van der Waals surface area contributed by atoms with Gasteiger partial charge in [0.2, 0.25) is 5.70 Å². The van der Waals surface area contributed by atoms with Crippen LogP contribution >= 0.6 is 0 Å². The number of hydrogen-bond donors (Lipinski definition) is 1. The van der Waals surface area contributed by atoms with Gasteiger partial charge in [0.25, 0.3) is 0 Å². The Bertz CT molecular complexity index is 195. The predicted molar refractivity (Wildman–Crippen MR) is 50.0 cm³/mol. The second-order valence-corrected chi connectivity index (χ2v) is 1.83. The average Bonchev–Trinajstić information content (AvgIpc) is 2.07. The first-order chi connectivity index (χ1) is 5.57. The molecule has 0 aromatic rings. The molecular weight excluding hydrogens is 156 g/mol. The molecule has 0 aliphatic rings. The molecule has 70 valence electrons. The van der Waals surface area contributed by atoms with Gasteiger partial charge in [-0.3, -0.25) is 10.1 Å². The third kappa shape index (κ3) is 6.80. The van der Waals surface area contributed by atoms with Gasteiger partial charge in [0.1, 0.15) is 0 Å². The third-order valence-corrected chi connectivity index (χ3v) is 0.997. The van der Waals surface area contributed by atoms with Crippen molar-refractivity contribution in [2.24, 2.45) is 5.73 Å². The van der Waals surface area contributed by atoms with Gasteiger partial charge in [-0.25, -0.2) is 0 Å². The van der Waals surface area contributed by atoms with Crippen LogP contribution in [0.3, 0.4) is 0 Å². The van der Waals surface area contributed by atoms with Crippen LogP contribution in [0.25, 0.3) is 0 Å². The predicted octanol–water partition coefficient (Wildman–Crippen LogP) is 2.06. The first kappa shape index (κ1) is 13.3. The lowest BCUT2D eigenvalue weighted by Crippen LogP contribution is -1.98. The van der Waals surface area contributed by atoms with E-state index < -0.39 is 4.92 Å². The largest absolute Gasteiger partial charge is 0.399 e. The molecule has 2 N–H and O–H groups in total. The van der Waals surface area contributed by atoms with Crippen LogP contribution in [0.5, 0.6) is 0 Å². The summed E-state index contributed by atoms with van der Waals surface area (Å²) < 4.78 is 0. The fraction of sp³-hybridized carbons (Fsp3) is 0.500. The molecule has 0 saturated heterocycles. The Labute approximate surface area is 72.9 Å². The summed E-state index contributed by atoms with van der Waals surface area (Å²) in [6.07, 6.45) is 2.92. The third-order valence-electron chi connectivity index (χ3n) is 0.997. The van der Waals surface area contributed by atoms with Gasteiger partial charge in [-0.2, -0.15) is 0 Å². The maximum absolute atomic E-state index is 10.0. The monoisotopic (exact) mass is 172 g/mol. The molecule has 0 radical (unpaired) electrons. The molecule has 0 rings (SSSR count). The Hall–Kier alpha value is -1.32. The maximum atomic E-state index is 10.0. The maximum Gasteiger partial charge on any atom is 0.245 e. The Morgan fingerprint density at radius 2 is 1.92 bits per heavy atom. The van der Waals surface area contributed by atoms with Crippen molar-refractivity contribution in [2.45, 2.75) is 27.7 Å². The van der Waals surface area contributed by atoms with Crippen molar-refractivity contribution >= 4 is 0 Å². The number of nitro groups is 1. The van der Waals surface area contributed by atoms with E-state index in [4.69, 9.17) is 5.73 Å². The molecule has 0 bridgehead atoms. The second-order valence-electron chi connectivity index (χ2n) is 1.83. The zero-order chi connectivity index (χ0) is 10.1. The standard InChI is InChI=1S/C6H10N2O2.C2H6/c1-3-6(7)4-5(2)8(9)10;1-2/h3-4H,7H2,1-2H3;1-2H3/b5-4+,6-3+;. The van der Waals surface area contributed by atoms with E-state index in [9.17, 15) is 10.1 Å². The van der Waals surface area contributed by atoms with E-state index >= 15 is 0 Å². The Morgan fingerprint density at radius 3 is 2.17 bits per heavy atom. The summed E-state index contributed by atoms with van der Waals surface area (Å²) in [5.74, 6) is 0. The van der Waals surface area contributed by atoms with Crippen LogP contribution in [0.1, 0.15) is 27.7 Å². The minimum absolute atomic E-state index is 0.0515. The minimum atomic E-state index is -0.476. The number of nitrogens with two attached hydrogens (primary N) is 1. The Kier molecular flexibility index (Phi) is 8.62. The zero-order valence-corrected chi connectivity index (χ0v) is 8.00. The Morgan fingerprint density at radius 1 is 1.50 bits per heavy atom. The van der Waals surface area contributed by atoms with Gasteiger partial charge >= 0.3 is 0 Å². The summed E-state index contributed by atoms with van der Waals surface area (Å²) in [5, 5.41) is 10.0. The average molecular weight is 172 g/mol. The van der Waals surface area contributed by atoms with Gasteiger partial charge in [-0.05, 0) is 6.92 Å². The first-order valence-electron chi connectivity index (χ1n) is 3.82. The number of hydrogen-bond acceptors (Lipinski definition) is 3. The number of allylic oxidation sites excluding steroid dienone is 3. The summed E-state index contributed by atoms with van der Waals surface area (Å²) in [6.45, 7) is 7.12. The van der Waals surface area contributed by atoms with Crippen LogP contribution in [-0.2, 0) is 0 Å². The lowest BCUT2D eigenvalue weighted by atomic mass is 10.3. The minimum Gasteiger partial charge on any atom is -0.399 e. The van der Waals surface area contributed by atoms with Gasteiger partial charge < -0.3 is 5.73 Å². The van der Waals surface area contributed by atoms with Crippen LogP contribution < -0.4 is 5.73 Å². The van der Waals surface area contributed by atoms with Gasteiger partial charge in [0.05, 0.1) is 4.92 Å². The molecule has 0 amide bonds. The molecule has 0 unspecified atom stereocenters. The molecule has 0 aliphatic heterocycles. The van der Waals surface area contributed by atoms with Crippen molar-refractivity contribution < 1.29 is 4.92 Å².